The predicted molar refractivity (Wildman–Crippen MR) is 89.1 cm³/mol. The largest absolute Gasteiger partial charge is 0.438 e. The molecular weight excluding hydrogens is 330 g/mol. The van der Waals surface area contributed by atoms with Gasteiger partial charge in [0, 0.05) is 30.4 Å². The lowest BCUT2D eigenvalue weighted by atomic mass is 10.1. The minimum Gasteiger partial charge on any atom is -0.438 e. The molecule has 7 nitrogen and oxygen atoms in total. The Morgan fingerprint density at radius 2 is 1.96 bits per heavy atom. The van der Waals surface area contributed by atoms with E-state index in [1.165, 1.54) is 12.1 Å². The number of carbonyl (C=O) groups excluding carboxylic acids is 1. The molecule has 2 aromatic rings. The molecule has 130 valence electrons. The van der Waals surface area contributed by atoms with Crippen molar-refractivity contribution in [1.82, 2.24) is 15.0 Å². The summed E-state index contributed by atoms with van der Waals surface area (Å²) in [6.07, 6.45) is 2.26. The summed E-state index contributed by atoms with van der Waals surface area (Å²) in [5, 5.41) is 2.39. The summed E-state index contributed by atoms with van der Waals surface area (Å²) < 4.78 is 31.9. The second-order valence-corrected chi connectivity index (χ2v) is 7.91. The van der Waals surface area contributed by atoms with E-state index in [0.29, 0.717) is 13.0 Å². The van der Waals surface area contributed by atoms with Gasteiger partial charge < -0.3 is 9.73 Å². The second-order valence-electron chi connectivity index (χ2n) is 6.30. The maximum atomic E-state index is 12.1. The lowest BCUT2D eigenvalue weighted by molar-refractivity contribution is 0.0921. The van der Waals surface area contributed by atoms with Crippen molar-refractivity contribution in [1.29, 1.82) is 0 Å². The number of furan rings is 1. The first-order chi connectivity index (χ1) is 11.2. The zero-order valence-electron chi connectivity index (χ0n) is 13.9. The van der Waals surface area contributed by atoms with Crippen LogP contribution in [0.3, 0.4) is 0 Å². The van der Waals surface area contributed by atoms with Gasteiger partial charge in [0.05, 0.1) is 0 Å². The van der Waals surface area contributed by atoms with Gasteiger partial charge >= 0.3 is 0 Å². The summed E-state index contributed by atoms with van der Waals surface area (Å²) in [5.41, 5.74) is 0.214. The second kappa shape index (κ2) is 7.14. The standard InChI is InChI=1S/C16H21N3O4S/c1-16(2,3)19-24(21,22)14-8-7-13(23-14)15(20)18-11-9-12-6-4-5-10-17-12/h4-8,10,19H,9,11H2,1-3H3,(H,18,20). The molecule has 0 aliphatic rings. The van der Waals surface area contributed by atoms with Crippen LogP contribution in [0.25, 0.3) is 0 Å². The van der Waals surface area contributed by atoms with Gasteiger partial charge in [-0.05, 0) is 45.0 Å². The summed E-state index contributed by atoms with van der Waals surface area (Å²) in [5.74, 6) is -0.520. The molecule has 2 heterocycles. The zero-order chi connectivity index (χ0) is 17.8. The fourth-order valence-corrected chi connectivity index (χ4v) is 3.33. The summed E-state index contributed by atoms with van der Waals surface area (Å²) in [6, 6.07) is 8.16. The zero-order valence-corrected chi connectivity index (χ0v) is 14.7. The SMILES string of the molecule is CC(C)(C)NS(=O)(=O)c1ccc(C(=O)NCCc2ccccn2)o1. The van der Waals surface area contributed by atoms with Crippen LogP contribution < -0.4 is 10.0 Å². The van der Waals surface area contributed by atoms with Crippen LogP contribution in [0.15, 0.2) is 46.0 Å². The fourth-order valence-electron chi connectivity index (χ4n) is 1.98. The molecule has 0 aliphatic carbocycles. The van der Waals surface area contributed by atoms with E-state index in [2.05, 4.69) is 15.0 Å². The third-order valence-corrected chi connectivity index (χ3v) is 4.53. The highest BCUT2D eigenvalue weighted by atomic mass is 32.2. The van der Waals surface area contributed by atoms with Crippen molar-refractivity contribution in [3.8, 4) is 0 Å². The van der Waals surface area contributed by atoms with Crippen molar-refractivity contribution in [2.45, 2.75) is 37.8 Å². The highest BCUT2D eigenvalue weighted by Gasteiger charge is 2.26. The molecule has 2 N–H and O–H groups in total. The Kier molecular flexibility index (Phi) is 5.40. The minimum absolute atomic E-state index is 0.0506. The molecule has 0 atom stereocenters. The molecule has 0 saturated carbocycles. The number of hydrogen-bond acceptors (Lipinski definition) is 5. The van der Waals surface area contributed by atoms with Gasteiger partial charge in [0.2, 0.25) is 5.09 Å². The van der Waals surface area contributed by atoms with E-state index >= 15 is 0 Å². The van der Waals surface area contributed by atoms with Gasteiger partial charge in [0.1, 0.15) is 0 Å². The molecule has 0 saturated heterocycles. The van der Waals surface area contributed by atoms with Crippen LogP contribution in [-0.2, 0) is 16.4 Å². The van der Waals surface area contributed by atoms with Crippen molar-refractivity contribution >= 4 is 15.9 Å². The molecular formula is C16H21N3O4S. The van der Waals surface area contributed by atoms with Crippen LogP contribution in [-0.4, -0.2) is 31.4 Å². The summed E-state index contributed by atoms with van der Waals surface area (Å²) in [4.78, 5) is 16.2. The van der Waals surface area contributed by atoms with Gasteiger partial charge in [-0.25, -0.2) is 13.1 Å². The van der Waals surface area contributed by atoms with E-state index in [4.69, 9.17) is 4.42 Å². The number of sulfonamides is 1. The Morgan fingerprint density at radius 3 is 2.58 bits per heavy atom. The van der Waals surface area contributed by atoms with Gasteiger partial charge in [-0.2, -0.15) is 0 Å². The number of amides is 1. The molecule has 0 bridgehead atoms. The molecule has 0 spiro atoms. The average molecular weight is 351 g/mol. The summed E-state index contributed by atoms with van der Waals surface area (Å²) in [6.45, 7) is 5.54. The lowest BCUT2D eigenvalue weighted by Crippen LogP contribution is -2.40. The number of carbonyl (C=O) groups is 1. The summed E-state index contributed by atoms with van der Waals surface area (Å²) >= 11 is 0. The topological polar surface area (TPSA) is 101 Å². The van der Waals surface area contributed by atoms with Crippen LogP contribution in [0.4, 0.5) is 0 Å². The maximum Gasteiger partial charge on any atom is 0.287 e. The predicted octanol–water partition coefficient (Wildman–Crippen LogP) is 1.72. The normalized spacial score (nSPS) is 12.1. The fraction of sp³-hybridized carbons (Fsp3) is 0.375. The van der Waals surface area contributed by atoms with Gasteiger partial charge in [0.15, 0.2) is 5.76 Å². The Labute approximate surface area is 141 Å². The van der Waals surface area contributed by atoms with Crippen LogP contribution in [0.5, 0.6) is 0 Å². The molecule has 1 amide bonds. The number of aromatic nitrogens is 1. The monoisotopic (exact) mass is 351 g/mol. The Hall–Kier alpha value is -2.19. The molecule has 0 aromatic carbocycles. The highest BCUT2D eigenvalue weighted by molar-refractivity contribution is 7.89. The smallest absolute Gasteiger partial charge is 0.287 e. The van der Waals surface area contributed by atoms with Gasteiger partial charge in [-0.3, -0.25) is 9.78 Å². The molecule has 0 fully saturated rings. The van der Waals surface area contributed by atoms with Gasteiger partial charge in [-0.1, -0.05) is 6.07 Å². The quantitative estimate of drug-likeness (QED) is 0.825. The Balaban J connectivity index is 1.96. The number of rotatable bonds is 6. The van der Waals surface area contributed by atoms with Crippen molar-refractivity contribution < 1.29 is 17.6 Å². The molecule has 0 radical (unpaired) electrons. The highest BCUT2D eigenvalue weighted by Crippen LogP contribution is 2.16. The number of nitrogens with zero attached hydrogens (tertiary/aromatic N) is 1. The van der Waals surface area contributed by atoms with Gasteiger partial charge in [-0.15, -0.1) is 0 Å². The Morgan fingerprint density at radius 1 is 1.21 bits per heavy atom. The van der Waals surface area contributed by atoms with E-state index in [1.807, 2.05) is 18.2 Å². The van der Waals surface area contributed by atoms with Crippen molar-refractivity contribution in [3.05, 3.63) is 48.0 Å². The molecule has 24 heavy (non-hydrogen) atoms. The molecule has 0 unspecified atom stereocenters. The van der Waals surface area contributed by atoms with E-state index in [9.17, 15) is 13.2 Å². The van der Waals surface area contributed by atoms with Crippen molar-refractivity contribution in [2.24, 2.45) is 0 Å². The number of pyridine rings is 1. The van der Waals surface area contributed by atoms with Crippen molar-refractivity contribution in [2.75, 3.05) is 6.54 Å². The summed E-state index contributed by atoms with van der Waals surface area (Å²) in [7, 11) is -3.80. The van der Waals surface area contributed by atoms with Crippen LogP contribution in [0.1, 0.15) is 37.0 Å². The number of hydrogen-bond donors (Lipinski definition) is 2. The van der Waals surface area contributed by atoms with E-state index in [0.717, 1.165) is 5.69 Å². The maximum absolute atomic E-state index is 12.1. The molecule has 8 heteroatoms. The minimum atomic E-state index is -3.80. The van der Waals surface area contributed by atoms with E-state index in [-0.39, 0.29) is 10.9 Å². The molecule has 0 aliphatic heterocycles. The average Bonchev–Trinajstić information content (AvgIpc) is 2.96. The van der Waals surface area contributed by atoms with E-state index in [1.54, 1.807) is 27.0 Å². The molecule has 2 rings (SSSR count). The van der Waals surface area contributed by atoms with E-state index < -0.39 is 21.5 Å². The van der Waals surface area contributed by atoms with Crippen LogP contribution >= 0.6 is 0 Å². The first kappa shape index (κ1) is 18.2. The van der Waals surface area contributed by atoms with Crippen LogP contribution in [0, 0.1) is 0 Å². The van der Waals surface area contributed by atoms with Gasteiger partial charge in [0.25, 0.3) is 15.9 Å². The third-order valence-electron chi connectivity index (χ3n) is 2.90. The number of nitrogens with one attached hydrogen (secondary N) is 2. The van der Waals surface area contributed by atoms with Crippen molar-refractivity contribution in [3.63, 3.8) is 0 Å². The Bertz CT molecular complexity index is 792. The van der Waals surface area contributed by atoms with Crippen LogP contribution in [0.2, 0.25) is 0 Å². The first-order valence-corrected chi connectivity index (χ1v) is 8.98. The third kappa shape index (κ3) is 5.17. The first-order valence-electron chi connectivity index (χ1n) is 7.49. The lowest BCUT2D eigenvalue weighted by Gasteiger charge is -2.18. The molecule has 2 aromatic heterocycles.